The molecular formula is C10H14N2O2. The number of hydrogen-bond acceptors (Lipinski definition) is 4. The van der Waals surface area contributed by atoms with Crippen LogP contribution in [0.3, 0.4) is 0 Å². The third-order valence-corrected chi connectivity index (χ3v) is 1.69. The van der Waals surface area contributed by atoms with Gasteiger partial charge in [0.1, 0.15) is 18.1 Å². The zero-order valence-corrected chi connectivity index (χ0v) is 8.43. The molecule has 0 fully saturated rings. The molecule has 0 saturated carbocycles. The maximum Gasteiger partial charge on any atom is 0.168 e. The van der Waals surface area contributed by atoms with Crippen molar-refractivity contribution >= 4 is 6.29 Å². The van der Waals surface area contributed by atoms with Crippen LogP contribution in [0, 0.1) is 0 Å². The maximum absolute atomic E-state index is 10.3. The molecule has 4 heteroatoms. The SMILES string of the molecule is CN(C)CCOc1ccc(C=O)nc1. The van der Waals surface area contributed by atoms with Crippen molar-refractivity contribution < 1.29 is 9.53 Å². The van der Waals surface area contributed by atoms with Gasteiger partial charge in [-0.2, -0.15) is 0 Å². The molecule has 0 aliphatic rings. The van der Waals surface area contributed by atoms with Gasteiger partial charge in [-0.25, -0.2) is 4.98 Å². The second-order valence-electron chi connectivity index (χ2n) is 3.19. The number of likely N-dealkylation sites (N-methyl/N-ethyl adjacent to an activating group) is 1. The van der Waals surface area contributed by atoms with E-state index in [-0.39, 0.29) is 0 Å². The molecule has 1 aromatic rings. The topological polar surface area (TPSA) is 42.4 Å². The first-order valence-corrected chi connectivity index (χ1v) is 4.41. The summed E-state index contributed by atoms with van der Waals surface area (Å²) in [5, 5.41) is 0. The third kappa shape index (κ3) is 3.53. The molecule has 1 aromatic heterocycles. The first kappa shape index (κ1) is 10.7. The molecule has 0 atom stereocenters. The van der Waals surface area contributed by atoms with Crippen molar-refractivity contribution in [2.24, 2.45) is 0 Å². The summed E-state index contributed by atoms with van der Waals surface area (Å²) in [5.74, 6) is 0.692. The van der Waals surface area contributed by atoms with Crippen LogP contribution in [0.25, 0.3) is 0 Å². The fraction of sp³-hybridized carbons (Fsp3) is 0.400. The molecule has 0 aliphatic heterocycles. The Morgan fingerprint density at radius 1 is 1.50 bits per heavy atom. The van der Waals surface area contributed by atoms with Gasteiger partial charge in [-0.3, -0.25) is 4.79 Å². The third-order valence-electron chi connectivity index (χ3n) is 1.69. The molecule has 4 nitrogen and oxygen atoms in total. The van der Waals surface area contributed by atoms with Crippen LogP contribution in [-0.4, -0.2) is 43.4 Å². The first-order chi connectivity index (χ1) is 6.72. The molecule has 0 bridgehead atoms. The number of nitrogens with zero attached hydrogens (tertiary/aromatic N) is 2. The van der Waals surface area contributed by atoms with Crippen LogP contribution >= 0.6 is 0 Å². The minimum atomic E-state index is 0.421. The van der Waals surface area contributed by atoms with Gasteiger partial charge in [-0.05, 0) is 26.2 Å². The normalized spacial score (nSPS) is 10.2. The van der Waals surface area contributed by atoms with Crippen molar-refractivity contribution in [1.82, 2.24) is 9.88 Å². The van der Waals surface area contributed by atoms with Crippen molar-refractivity contribution in [1.29, 1.82) is 0 Å². The number of aldehydes is 1. The fourth-order valence-corrected chi connectivity index (χ4v) is 0.893. The molecule has 76 valence electrons. The molecule has 0 aliphatic carbocycles. The number of ether oxygens (including phenoxy) is 1. The van der Waals surface area contributed by atoms with Crippen LogP contribution in [0.2, 0.25) is 0 Å². The predicted molar refractivity (Wildman–Crippen MR) is 53.7 cm³/mol. The molecule has 14 heavy (non-hydrogen) atoms. The molecule has 0 saturated heterocycles. The van der Waals surface area contributed by atoms with E-state index in [4.69, 9.17) is 4.74 Å². The highest BCUT2D eigenvalue weighted by molar-refractivity contribution is 5.71. The zero-order valence-electron chi connectivity index (χ0n) is 8.43. The second-order valence-corrected chi connectivity index (χ2v) is 3.19. The predicted octanol–water partition coefficient (Wildman–Crippen LogP) is 0.834. The zero-order chi connectivity index (χ0) is 10.4. The van der Waals surface area contributed by atoms with Gasteiger partial charge in [-0.1, -0.05) is 0 Å². The molecule has 1 heterocycles. The van der Waals surface area contributed by atoms with Gasteiger partial charge in [0.25, 0.3) is 0 Å². The van der Waals surface area contributed by atoms with Gasteiger partial charge in [0.2, 0.25) is 0 Å². The smallest absolute Gasteiger partial charge is 0.168 e. The molecule has 1 rings (SSSR count). The van der Waals surface area contributed by atoms with E-state index in [1.165, 1.54) is 0 Å². The van der Waals surface area contributed by atoms with E-state index in [9.17, 15) is 4.79 Å². The number of rotatable bonds is 5. The Kier molecular flexibility index (Phi) is 4.07. The average molecular weight is 194 g/mol. The Labute approximate surface area is 83.5 Å². The molecule has 0 spiro atoms. The summed E-state index contributed by atoms with van der Waals surface area (Å²) in [7, 11) is 3.97. The van der Waals surface area contributed by atoms with Crippen molar-refractivity contribution in [2.75, 3.05) is 27.2 Å². The Morgan fingerprint density at radius 3 is 2.79 bits per heavy atom. The highest BCUT2D eigenvalue weighted by Gasteiger charge is 1.96. The van der Waals surface area contributed by atoms with E-state index in [0.717, 1.165) is 6.54 Å². The monoisotopic (exact) mass is 194 g/mol. The number of aromatic nitrogens is 1. The standard InChI is InChI=1S/C10H14N2O2/c1-12(2)5-6-14-10-4-3-9(8-13)11-7-10/h3-4,7-8H,5-6H2,1-2H3. The lowest BCUT2D eigenvalue weighted by Gasteiger charge is -2.10. The van der Waals surface area contributed by atoms with Crippen LogP contribution in [0.1, 0.15) is 10.5 Å². The van der Waals surface area contributed by atoms with Crippen molar-refractivity contribution in [3.63, 3.8) is 0 Å². The molecule has 0 unspecified atom stereocenters. The minimum Gasteiger partial charge on any atom is -0.491 e. The van der Waals surface area contributed by atoms with Gasteiger partial charge in [-0.15, -0.1) is 0 Å². The summed E-state index contributed by atoms with van der Waals surface area (Å²) < 4.78 is 5.40. The Bertz CT molecular complexity index is 283. The molecule has 0 aromatic carbocycles. The lowest BCUT2D eigenvalue weighted by molar-refractivity contribution is 0.111. The van der Waals surface area contributed by atoms with Crippen molar-refractivity contribution in [2.45, 2.75) is 0 Å². The molecule has 0 N–H and O–H groups in total. The van der Waals surface area contributed by atoms with Crippen LogP contribution < -0.4 is 4.74 Å². The summed E-state index contributed by atoms with van der Waals surface area (Å²) in [6.45, 7) is 1.48. The van der Waals surface area contributed by atoms with Gasteiger partial charge >= 0.3 is 0 Å². The lowest BCUT2D eigenvalue weighted by Crippen LogP contribution is -2.19. The highest BCUT2D eigenvalue weighted by Crippen LogP contribution is 2.07. The van der Waals surface area contributed by atoms with E-state index >= 15 is 0 Å². The van der Waals surface area contributed by atoms with E-state index in [1.807, 2.05) is 19.0 Å². The van der Waals surface area contributed by atoms with Gasteiger partial charge < -0.3 is 9.64 Å². The minimum absolute atomic E-state index is 0.421. The fourth-order valence-electron chi connectivity index (χ4n) is 0.893. The Balaban J connectivity index is 2.40. The van der Waals surface area contributed by atoms with Crippen LogP contribution in [0.5, 0.6) is 5.75 Å². The van der Waals surface area contributed by atoms with Gasteiger partial charge in [0.15, 0.2) is 6.29 Å². The number of carbonyl (C=O) groups is 1. The number of carbonyl (C=O) groups excluding carboxylic acids is 1. The lowest BCUT2D eigenvalue weighted by atomic mass is 10.4. The van der Waals surface area contributed by atoms with Crippen molar-refractivity contribution in [3.8, 4) is 5.75 Å². The maximum atomic E-state index is 10.3. The van der Waals surface area contributed by atoms with E-state index in [0.29, 0.717) is 24.3 Å². The van der Waals surface area contributed by atoms with Gasteiger partial charge in [0, 0.05) is 6.54 Å². The molecular weight excluding hydrogens is 180 g/mol. The second kappa shape index (κ2) is 5.34. The van der Waals surface area contributed by atoms with Crippen LogP contribution in [0.4, 0.5) is 0 Å². The van der Waals surface area contributed by atoms with Crippen LogP contribution in [-0.2, 0) is 0 Å². The summed E-state index contributed by atoms with van der Waals surface area (Å²) >= 11 is 0. The molecule has 0 radical (unpaired) electrons. The Morgan fingerprint density at radius 2 is 2.29 bits per heavy atom. The summed E-state index contributed by atoms with van der Waals surface area (Å²) in [6.07, 6.45) is 2.27. The van der Waals surface area contributed by atoms with E-state index in [1.54, 1.807) is 18.3 Å². The van der Waals surface area contributed by atoms with E-state index < -0.39 is 0 Å². The Hall–Kier alpha value is -1.42. The summed E-state index contributed by atoms with van der Waals surface area (Å²) in [5.41, 5.74) is 0.421. The summed E-state index contributed by atoms with van der Waals surface area (Å²) in [4.78, 5) is 16.2. The van der Waals surface area contributed by atoms with Crippen LogP contribution in [0.15, 0.2) is 18.3 Å². The quantitative estimate of drug-likeness (QED) is 0.651. The largest absolute Gasteiger partial charge is 0.491 e. The highest BCUT2D eigenvalue weighted by atomic mass is 16.5. The van der Waals surface area contributed by atoms with Crippen molar-refractivity contribution in [3.05, 3.63) is 24.0 Å². The van der Waals surface area contributed by atoms with E-state index in [2.05, 4.69) is 4.98 Å². The average Bonchev–Trinajstić information content (AvgIpc) is 2.18. The first-order valence-electron chi connectivity index (χ1n) is 4.41. The summed E-state index contributed by atoms with van der Waals surface area (Å²) in [6, 6.07) is 3.38. The molecule has 0 amide bonds. The number of pyridine rings is 1. The number of hydrogen-bond donors (Lipinski definition) is 0. The van der Waals surface area contributed by atoms with Gasteiger partial charge in [0.05, 0.1) is 6.20 Å².